The number of esters is 1. The molecular formula is C28H26ClN3O5. The number of rotatable bonds is 11. The molecule has 0 bridgehead atoms. The van der Waals surface area contributed by atoms with Crippen LogP contribution in [0.25, 0.3) is 11.0 Å². The molecule has 1 amide bonds. The minimum Gasteiger partial charge on any atom is -0.484 e. The van der Waals surface area contributed by atoms with Gasteiger partial charge in [0.2, 0.25) is 5.88 Å². The number of hydrogen-bond acceptors (Lipinski definition) is 7. The van der Waals surface area contributed by atoms with E-state index in [-0.39, 0.29) is 6.61 Å². The lowest BCUT2D eigenvalue weighted by atomic mass is 10.1. The third-order valence-electron chi connectivity index (χ3n) is 5.31. The smallest absolute Gasteiger partial charge is 0.333 e. The first-order valence-corrected chi connectivity index (χ1v) is 12.2. The number of hydrogen-bond donors (Lipinski definition) is 1. The van der Waals surface area contributed by atoms with Crippen LogP contribution in [-0.4, -0.2) is 35.1 Å². The Labute approximate surface area is 219 Å². The Morgan fingerprint density at radius 2 is 1.73 bits per heavy atom. The molecular weight excluding hydrogens is 494 g/mol. The predicted molar refractivity (Wildman–Crippen MR) is 140 cm³/mol. The third-order valence-corrected chi connectivity index (χ3v) is 5.55. The van der Waals surface area contributed by atoms with Crippen molar-refractivity contribution in [2.75, 3.05) is 13.2 Å². The summed E-state index contributed by atoms with van der Waals surface area (Å²) in [5.41, 5.74) is 1.97. The first kappa shape index (κ1) is 25.9. The Morgan fingerprint density at radius 3 is 2.49 bits per heavy atom. The van der Waals surface area contributed by atoms with Crippen molar-refractivity contribution in [3.8, 4) is 17.4 Å². The largest absolute Gasteiger partial charge is 0.484 e. The van der Waals surface area contributed by atoms with Crippen molar-refractivity contribution in [2.24, 2.45) is 0 Å². The quantitative estimate of drug-likeness (QED) is 0.202. The molecule has 37 heavy (non-hydrogen) atoms. The minimum atomic E-state index is -0.913. The highest BCUT2D eigenvalue weighted by Crippen LogP contribution is 2.24. The van der Waals surface area contributed by atoms with Gasteiger partial charge in [-0.25, -0.2) is 14.8 Å². The van der Waals surface area contributed by atoms with Crippen LogP contribution in [0, 0.1) is 0 Å². The van der Waals surface area contributed by atoms with E-state index in [1.807, 2.05) is 13.0 Å². The van der Waals surface area contributed by atoms with Gasteiger partial charge in [-0.2, -0.15) is 0 Å². The van der Waals surface area contributed by atoms with E-state index in [9.17, 15) is 9.59 Å². The number of carbonyl (C=O) groups is 2. The van der Waals surface area contributed by atoms with Gasteiger partial charge in [-0.15, -0.1) is 0 Å². The lowest BCUT2D eigenvalue weighted by molar-refractivity contribution is -0.148. The maximum atomic E-state index is 12.6. The highest BCUT2D eigenvalue weighted by molar-refractivity contribution is 6.31. The van der Waals surface area contributed by atoms with Crippen molar-refractivity contribution < 1.29 is 23.8 Å². The van der Waals surface area contributed by atoms with Gasteiger partial charge in [0.25, 0.3) is 5.91 Å². The second-order valence-electron chi connectivity index (χ2n) is 8.14. The Bertz CT molecular complexity index is 1350. The van der Waals surface area contributed by atoms with Crippen molar-refractivity contribution in [1.29, 1.82) is 0 Å². The van der Waals surface area contributed by atoms with Crippen LogP contribution in [0.15, 0.2) is 79.0 Å². The number of carbonyl (C=O) groups excluding carboxylic acids is 2. The fraction of sp³-hybridized carbons (Fsp3) is 0.214. The molecule has 1 N–H and O–H groups in total. The van der Waals surface area contributed by atoms with Crippen LogP contribution in [0.4, 0.5) is 0 Å². The maximum absolute atomic E-state index is 12.6. The summed E-state index contributed by atoms with van der Waals surface area (Å²) in [5, 5.41) is 3.29. The first-order valence-electron chi connectivity index (χ1n) is 11.9. The molecule has 3 aromatic carbocycles. The molecule has 4 rings (SSSR count). The number of fused-ring (bicyclic) bond motifs is 1. The van der Waals surface area contributed by atoms with Gasteiger partial charge in [-0.1, -0.05) is 55.3 Å². The summed E-state index contributed by atoms with van der Waals surface area (Å²) in [6, 6.07) is 20.0. The van der Waals surface area contributed by atoms with Gasteiger partial charge in [0.05, 0.1) is 23.8 Å². The van der Waals surface area contributed by atoms with Crippen molar-refractivity contribution >= 4 is 34.5 Å². The Kier molecular flexibility index (Phi) is 8.89. The van der Waals surface area contributed by atoms with E-state index in [1.54, 1.807) is 66.7 Å². The SMILES string of the molecule is CCCCOC(=O)C(NC(=O)COc1ccc(Oc2cnc3cc(Cl)ccc3n2)cc1)c1ccccc1. The molecule has 1 atom stereocenters. The molecule has 4 aromatic rings. The normalized spacial score (nSPS) is 11.5. The molecule has 9 heteroatoms. The van der Waals surface area contributed by atoms with Crippen molar-refractivity contribution in [2.45, 2.75) is 25.8 Å². The Hall–Kier alpha value is -4.17. The van der Waals surface area contributed by atoms with Crippen LogP contribution in [0.3, 0.4) is 0 Å². The van der Waals surface area contributed by atoms with Crippen LogP contribution >= 0.6 is 11.6 Å². The number of unbranched alkanes of at least 4 members (excludes halogenated alkanes) is 1. The van der Waals surface area contributed by atoms with Crippen LogP contribution in [0.1, 0.15) is 31.4 Å². The number of nitrogens with zero attached hydrogens (tertiary/aromatic N) is 2. The van der Waals surface area contributed by atoms with Crippen LogP contribution in [0.2, 0.25) is 5.02 Å². The van der Waals surface area contributed by atoms with Crippen molar-refractivity contribution in [1.82, 2.24) is 15.3 Å². The molecule has 0 saturated carbocycles. The molecule has 0 saturated heterocycles. The molecule has 8 nitrogen and oxygen atoms in total. The number of nitrogens with one attached hydrogen (secondary N) is 1. The molecule has 1 aromatic heterocycles. The highest BCUT2D eigenvalue weighted by atomic mass is 35.5. The van der Waals surface area contributed by atoms with Gasteiger partial charge in [-0.05, 0) is 54.4 Å². The topological polar surface area (TPSA) is 99.6 Å². The predicted octanol–water partition coefficient (Wildman–Crippen LogP) is 5.66. The van der Waals surface area contributed by atoms with Gasteiger partial charge in [0, 0.05) is 5.02 Å². The molecule has 0 aliphatic rings. The summed E-state index contributed by atoms with van der Waals surface area (Å²) in [5.74, 6) is 0.366. The average Bonchev–Trinajstić information content (AvgIpc) is 2.92. The number of amides is 1. The van der Waals surface area contributed by atoms with Gasteiger partial charge >= 0.3 is 5.97 Å². The van der Waals surface area contributed by atoms with E-state index in [4.69, 9.17) is 25.8 Å². The number of aromatic nitrogens is 2. The van der Waals surface area contributed by atoms with Gasteiger partial charge < -0.3 is 19.5 Å². The minimum absolute atomic E-state index is 0.273. The molecule has 0 radical (unpaired) electrons. The standard InChI is InChI=1S/C28H26ClN3O5/c1-2-3-15-35-28(34)27(19-7-5-4-6-8-19)32-25(33)18-36-21-10-12-22(13-11-21)37-26-17-30-24-16-20(29)9-14-23(24)31-26/h4-14,16-17,27H,2-3,15,18H2,1H3,(H,32,33). The molecule has 0 spiro atoms. The zero-order chi connectivity index (χ0) is 26.0. The summed E-state index contributed by atoms with van der Waals surface area (Å²) in [6.45, 7) is 2.04. The number of benzene rings is 3. The zero-order valence-corrected chi connectivity index (χ0v) is 21.0. The zero-order valence-electron chi connectivity index (χ0n) is 20.2. The summed E-state index contributed by atoms with van der Waals surface area (Å²) >= 11 is 5.98. The third kappa shape index (κ3) is 7.41. The van der Waals surface area contributed by atoms with E-state index >= 15 is 0 Å². The number of ether oxygens (including phenoxy) is 3. The summed E-state index contributed by atoms with van der Waals surface area (Å²) in [7, 11) is 0. The van der Waals surface area contributed by atoms with Crippen LogP contribution < -0.4 is 14.8 Å². The van der Waals surface area contributed by atoms with Gasteiger partial charge in [0.15, 0.2) is 12.6 Å². The van der Waals surface area contributed by atoms with Gasteiger partial charge in [-0.3, -0.25) is 4.79 Å². The van der Waals surface area contributed by atoms with E-state index in [1.165, 1.54) is 6.20 Å². The molecule has 190 valence electrons. The summed E-state index contributed by atoms with van der Waals surface area (Å²) < 4.78 is 16.7. The lowest BCUT2D eigenvalue weighted by Gasteiger charge is -2.18. The van der Waals surface area contributed by atoms with Crippen LogP contribution in [-0.2, 0) is 14.3 Å². The van der Waals surface area contributed by atoms with Crippen molar-refractivity contribution in [3.63, 3.8) is 0 Å². The number of halogens is 1. The maximum Gasteiger partial charge on any atom is 0.333 e. The second kappa shape index (κ2) is 12.7. The average molecular weight is 520 g/mol. The lowest BCUT2D eigenvalue weighted by Crippen LogP contribution is -2.37. The Morgan fingerprint density at radius 1 is 0.973 bits per heavy atom. The monoisotopic (exact) mass is 519 g/mol. The van der Waals surface area contributed by atoms with E-state index < -0.39 is 17.9 Å². The van der Waals surface area contributed by atoms with Crippen molar-refractivity contribution in [3.05, 3.63) is 89.6 Å². The van der Waals surface area contributed by atoms with E-state index in [0.717, 1.165) is 12.8 Å². The van der Waals surface area contributed by atoms with Gasteiger partial charge in [0.1, 0.15) is 11.5 Å². The second-order valence-corrected chi connectivity index (χ2v) is 8.57. The molecule has 0 aliphatic carbocycles. The molecule has 0 aliphatic heterocycles. The first-order chi connectivity index (χ1) is 18.0. The highest BCUT2D eigenvalue weighted by Gasteiger charge is 2.24. The molecule has 0 fully saturated rings. The summed E-state index contributed by atoms with van der Waals surface area (Å²) in [4.78, 5) is 33.9. The van der Waals surface area contributed by atoms with Crippen LogP contribution in [0.5, 0.6) is 17.4 Å². The van der Waals surface area contributed by atoms with E-state index in [2.05, 4.69) is 15.3 Å². The molecule has 1 heterocycles. The fourth-order valence-electron chi connectivity index (χ4n) is 3.42. The van der Waals surface area contributed by atoms with E-state index in [0.29, 0.717) is 45.6 Å². The molecule has 1 unspecified atom stereocenters. The summed E-state index contributed by atoms with van der Waals surface area (Å²) in [6.07, 6.45) is 3.18. The Balaban J connectivity index is 1.32. The fourth-order valence-corrected chi connectivity index (χ4v) is 3.58.